The van der Waals surface area contributed by atoms with Gasteiger partial charge in [-0.3, -0.25) is 9.89 Å². The maximum Gasteiger partial charge on any atom is 0.191 e. The van der Waals surface area contributed by atoms with E-state index in [9.17, 15) is 0 Å². The maximum atomic E-state index is 5.15. The first-order valence-corrected chi connectivity index (χ1v) is 9.62. The first-order valence-electron chi connectivity index (χ1n) is 9.62. The molecule has 1 heterocycles. The van der Waals surface area contributed by atoms with Crippen LogP contribution in [0.15, 0.2) is 29.3 Å². The molecule has 26 heavy (non-hydrogen) atoms. The summed E-state index contributed by atoms with van der Waals surface area (Å²) in [5.41, 5.74) is 2.68. The van der Waals surface area contributed by atoms with Gasteiger partial charge in [0, 0.05) is 58.6 Å². The lowest BCUT2D eigenvalue weighted by Crippen LogP contribution is -2.47. The number of benzene rings is 1. The molecule has 1 unspecified atom stereocenters. The molecule has 0 amide bonds. The van der Waals surface area contributed by atoms with E-state index in [2.05, 4.69) is 63.5 Å². The standard InChI is InChI=1S/C20H35N5O/c1-17-7-5-8-19(15-17)25-13-11-24(12-14-25)10-6-9-22-20(21-3)23-18(2)16-26-4/h5,7-8,15,18H,6,9-14,16H2,1-4H3,(H2,21,22,23). The zero-order valence-electron chi connectivity index (χ0n) is 16.8. The summed E-state index contributed by atoms with van der Waals surface area (Å²) in [6.45, 7) is 11.4. The maximum absolute atomic E-state index is 5.15. The van der Waals surface area contributed by atoms with E-state index in [-0.39, 0.29) is 6.04 Å². The summed E-state index contributed by atoms with van der Waals surface area (Å²) in [4.78, 5) is 9.31. The van der Waals surface area contributed by atoms with Crippen molar-refractivity contribution < 1.29 is 4.74 Å². The Hall–Kier alpha value is -1.79. The summed E-state index contributed by atoms with van der Waals surface area (Å²) in [5, 5.41) is 6.71. The number of anilines is 1. The first-order chi connectivity index (χ1) is 12.6. The molecule has 6 heteroatoms. The number of aliphatic imine (C=N–C) groups is 1. The van der Waals surface area contributed by atoms with Gasteiger partial charge >= 0.3 is 0 Å². The summed E-state index contributed by atoms with van der Waals surface area (Å²) in [5.74, 6) is 0.846. The van der Waals surface area contributed by atoms with E-state index in [0.717, 1.165) is 51.6 Å². The molecule has 1 aliphatic heterocycles. The van der Waals surface area contributed by atoms with Crippen molar-refractivity contribution in [2.45, 2.75) is 26.3 Å². The number of ether oxygens (including phenoxy) is 1. The highest BCUT2D eigenvalue weighted by Gasteiger charge is 2.16. The van der Waals surface area contributed by atoms with Crippen LogP contribution in [0.5, 0.6) is 0 Å². The molecule has 2 rings (SSSR count). The van der Waals surface area contributed by atoms with Crippen LogP contribution in [-0.4, -0.2) is 76.9 Å². The normalized spacial score (nSPS) is 17.2. The predicted molar refractivity (Wildman–Crippen MR) is 110 cm³/mol. The molecule has 1 aromatic rings. The zero-order chi connectivity index (χ0) is 18.8. The van der Waals surface area contributed by atoms with Crippen molar-refractivity contribution >= 4 is 11.6 Å². The largest absolute Gasteiger partial charge is 0.383 e. The smallest absolute Gasteiger partial charge is 0.191 e. The molecule has 0 bridgehead atoms. The SMILES string of the molecule is CN=C(NCCCN1CCN(c2cccc(C)c2)CC1)NC(C)COC. The fourth-order valence-electron chi connectivity index (χ4n) is 3.28. The van der Waals surface area contributed by atoms with Crippen LogP contribution in [0.4, 0.5) is 5.69 Å². The van der Waals surface area contributed by atoms with Crippen molar-refractivity contribution in [2.24, 2.45) is 4.99 Å². The van der Waals surface area contributed by atoms with E-state index in [1.54, 1.807) is 14.2 Å². The van der Waals surface area contributed by atoms with Crippen molar-refractivity contribution in [3.05, 3.63) is 29.8 Å². The number of hydrogen-bond acceptors (Lipinski definition) is 4. The van der Waals surface area contributed by atoms with Crippen LogP contribution in [0.3, 0.4) is 0 Å². The van der Waals surface area contributed by atoms with Crippen LogP contribution in [-0.2, 0) is 4.74 Å². The van der Waals surface area contributed by atoms with Crippen molar-refractivity contribution in [1.82, 2.24) is 15.5 Å². The lowest BCUT2D eigenvalue weighted by molar-refractivity contribution is 0.179. The number of piperazine rings is 1. The van der Waals surface area contributed by atoms with Gasteiger partial charge in [-0.25, -0.2) is 0 Å². The Morgan fingerprint density at radius 2 is 2.04 bits per heavy atom. The van der Waals surface area contributed by atoms with Gasteiger partial charge in [0.15, 0.2) is 5.96 Å². The lowest BCUT2D eigenvalue weighted by Gasteiger charge is -2.36. The Morgan fingerprint density at radius 1 is 1.27 bits per heavy atom. The monoisotopic (exact) mass is 361 g/mol. The molecule has 0 spiro atoms. The van der Waals surface area contributed by atoms with E-state index in [1.165, 1.54) is 11.3 Å². The molecule has 1 aliphatic rings. The van der Waals surface area contributed by atoms with Crippen LogP contribution >= 0.6 is 0 Å². The average Bonchev–Trinajstić information content (AvgIpc) is 2.65. The molecule has 1 fully saturated rings. The number of guanidine groups is 1. The highest BCUT2D eigenvalue weighted by molar-refractivity contribution is 5.79. The van der Waals surface area contributed by atoms with Gasteiger partial charge < -0.3 is 20.3 Å². The molecule has 1 saturated heterocycles. The van der Waals surface area contributed by atoms with Gasteiger partial charge in [0.25, 0.3) is 0 Å². The fraction of sp³-hybridized carbons (Fsp3) is 0.650. The van der Waals surface area contributed by atoms with Gasteiger partial charge in [0.2, 0.25) is 0 Å². The Balaban J connectivity index is 1.63. The van der Waals surface area contributed by atoms with Gasteiger partial charge in [0.05, 0.1) is 6.61 Å². The molecule has 0 aromatic heterocycles. The second kappa shape index (κ2) is 11.0. The molecular weight excluding hydrogens is 326 g/mol. The van der Waals surface area contributed by atoms with Crippen LogP contribution in [0.25, 0.3) is 0 Å². The third-order valence-corrected chi connectivity index (χ3v) is 4.71. The second-order valence-electron chi connectivity index (χ2n) is 7.02. The number of nitrogens with zero attached hydrogens (tertiary/aromatic N) is 3. The Kier molecular flexibility index (Phi) is 8.71. The molecule has 0 radical (unpaired) electrons. The van der Waals surface area contributed by atoms with Gasteiger partial charge in [-0.05, 0) is 44.5 Å². The highest BCUT2D eigenvalue weighted by Crippen LogP contribution is 2.17. The van der Waals surface area contributed by atoms with E-state index in [4.69, 9.17) is 4.74 Å². The summed E-state index contributed by atoms with van der Waals surface area (Å²) in [6, 6.07) is 9.06. The van der Waals surface area contributed by atoms with Crippen LogP contribution in [0.2, 0.25) is 0 Å². The van der Waals surface area contributed by atoms with Crippen molar-refractivity contribution in [1.29, 1.82) is 0 Å². The Bertz CT molecular complexity index is 555. The molecule has 0 saturated carbocycles. The molecule has 1 aromatic carbocycles. The minimum Gasteiger partial charge on any atom is -0.383 e. The molecule has 146 valence electrons. The lowest BCUT2D eigenvalue weighted by atomic mass is 10.2. The van der Waals surface area contributed by atoms with E-state index in [1.807, 2.05) is 0 Å². The molecular formula is C20H35N5O. The summed E-state index contributed by atoms with van der Waals surface area (Å²) < 4.78 is 5.15. The average molecular weight is 362 g/mol. The van der Waals surface area contributed by atoms with Crippen molar-refractivity contribution in [3.8, 4) is 0 Å². The van der Waals surface area contributed by atoms with Gasteiger partial charge in [-0.1, -0.05) is 12.1 Å². The fourth-order valence-corrected chi connectivity index (χ4v) is 3.28. The second-order valence-corrected chi connectivity index (χ2v) is 7.02. The Labute approximate surface area is 158 Å². The third kappa shape index (κ3) is 6.84. The quantitative estimate of drug-likeness (QED) is 0.419. The van der Waals surface area contributed by atoms with E-state index in [0.29, 0.717) is 6.61 Å². The number of aryl methyl sites for hydroxylation is 1. The summed E-state index contributed by atoms with van der Waals surface area (Å²) in [7, 11) is 3.52. The molecule has 6 nitrogen and oxygen atoms in total. The first kappa shape index (κ1) is 20.5. The number of methoxy groups -OCH3 is 1. The number of nitrogens with one attached hydrogen (secondary N) is 2. The van der Waals surface area contributed by atoms with Crippen LogP contribution < -0.4 is 15.5 Å². The molecule has 2 N–H and O–H groups in total. The van der Waals surface area contributed by atoms with Crippen LogP contribution in [0.1, 0.15) is 18.9 Å². The van der Waals surface area contributed by atoms with Crippen LogP contribution in [0, 0.1) is 6.92 Å². The summed E-state index contributed by atoms with van der Waals surface area (Å²) in [6.07, 6.45) is 1.11. The minimum atomic E-state index is 0.251. The van der Waals surface area contributed by atoms with Crippen molar-refractivity contribution in [3.63, 3.8) is 0 Å². The summed E-state index contributed by atoms with van der Waals surface area (Å²) >= 11 is 0. The highest BCUT2D eigenvalue weighted by atomic mass is 16.5. The van der Waals surface area contributed by atoms with Gasteiger partial charge in [-0.15, -0.1) is 0 Å². The molecule has 1 atom stereocenters. The zero-order valence-corrected chi connectivity index (χ0v) is 16.8. The number of rotatable bonds is 8. The van der Waals surface area contributed by atoms with Gasteiger partial charge in [-0.2, -0.15) is 0 Å². The predicted octanol–water partition coefficient (Wildman–Crippen LogP) is 1.71. The number of hydrogen-bond donors (Lipinski definition) is 2. The van der Waals surface area contributed by atoms with E-state index >= 15 is 0 Å². The van der Waals surface area contributed by atoms with Crippen molar-refractivity contribution in [2.75, 3.05) is 64.9 Å². The third-order valence-electron chi connectivity index (χ3n) is 4.71. The Morgan fingerprint density at radius 3 is 2.69 bits per heavy atom. The van der Waals surface area contributed by atoms with E-state index < -0.39 is 0 Å². The minimum absolute atomic E-state index is 0.251. The molecule has 0 aliphatic carbocycles. The topological polar surface area (TPSA) is 52.1 Å². The van der Waals surface area contributed by atoms with Gasteiger partial charge in [0.1, 0.15) is 0 Å².